The molecule has 2 bridgehead atoms. The highest BCUT2D eigenvalue weighted by Crippen LogP contribution is 2.33. The molecule has 0 aromatic carbocycles. The van der Waals surface area contributed by atoms with E-state index in [2.05, 4.69) is 15.2 Å². The van der Waals surface area contributed by atoms with Crippen LogP contribution in [0.3, 0.4) is 0 Å². The molecule has 86 valence electrons. The summed E-state index contributed by atoms with van der Waals surface area (Å²) in [5.41, 5.74) is 0. The molecule has 2 aliphatic heterocycles. The van der Waals surface area contributed by atoms with Crippen LogP contribution in [0.25, 0.3) is 0 Å². The minimum atomic E-state index is 0.449. The van der Waals surface area contributed by atoms with Crippen LogP contribution in [0, 0.1) is 0 Å². The Kier molecular flexibility index (Phi) is 2.47. The van der Waals surface area contributed by atoms with Crippen molar-refractivity contribution in [2.45, 2.75) is 44.3 Å². The molecule has 0 saturated carbocycles. The Bertz CT molecular complexity index is 359. The van der Waals surface area contributed by atoms with E-state index in [0.29, 0.717) is 17.9 Å². The van der Waals surface area contributed by atoms with E-state index < -0.39 is 0 Å². The number of piperidine rings is 1. The van der Waals surface area contributed by atoms with E-state index in [9.17, 15) is 4.79 Å². The average Bonchev–Trinajstić information content (AvgIpc) is 2.83. The number of Topliss-reactive ketones (excluding diaryl/α,β-unsaturated/α-hetero) is 1. The largest absolute Gasteiger partial charge is 0.300 e. The SMILES string of the molecule is O=C1CC2CCC(C1)N2CCn1ccnn1. The van der Waals surface area contributed by atoms with Crippen molar-refractivity contribution in [2.24, 2.45) is 0 Å². The van der Waals surface area contributed by atoms with Gasteiger partial charge in [0.05, 0.1) is 12.7 Å². The van der Waals surface area contributed by atoms with Gasteiger partial charge in [0.25, 0.3) is 0 Å². The highest BCUT2D eigenvalue weighted by Gasteiger charge is 2.39. The second-order valence-electron chi connectivity index (χ2n) is 4.74. The molecule has 2 atom stereocenters. The first-order chi connectivity index (χ1) is 7.83. The van der Waals surface area contributed by atoms with Crippen molar-refractivity contribution in [2.75, 3.05) is 6.54 Å². The molecule has 2 fully saturated rings. The van der Waals surface area contributed by atoms with Gasteiger partial charge in [-0.1, -0.05) is 5.21 Å². The summed E-state index contributed by atoms with van der Waals surface area (Å²) in [7, 11) is 0. The van der Waals surface area contributed by atoms with Crippen LogP contribution in [-0.4, -0.2) is 44.3 Å². The highest BCUT2D eigenvalue weighted by atomic mass is 16.1. The van der Waals surface area contributed by atoms with Crippen LogP contribution in [0.2, 0.25) is 0 Å². The topological polar surface area (TPSA) is 51.0 Å². The summed E-state index contributed by atoms with van der Waals surface area (Å²) >= 11 is 0. The maximum Gasteiger partial charge on any atom is 0.136 e. The number of aromatic nitrogens is 3. The van der Waals surface area contributed by atoms with Gasteiger partial charge in [0.15, 0.2) is 0 Å². The Balaban J connectivity index is 1.61. The van der Waals surface area contributed by atoms with Crippen molar-refractivity contribution in [3.05, 3.63) is 12.4 Å². The quantitative estimate of drug-likeness (QED) is 0.743. The van der Waals surface area contributed by atoms with E-state index in [1.807, 2.05) is 10.9 Å². The molecule has 2 aliphatic rings. The third kappa shape index (κ3) is 1.75. The second-order valence-corrected chi connectivity index (χ2v) is 4.74. The normalized spacial score (nSPS) is 29.9. The molecule has 1 aromatic heterocycles. The van der Waals surface area contributed by atoms with Crippen molar-refractivity contribution in [3.8, 4) is 0 Å². The lowest BCUT2D eigenvalue weighted by Gasteiger charge is -2.33. The number of carbonyl (C=O) groups excluding carboxylic acids is 1. The van der Waals surface area contributed by atoms with Crippen LogP contribution in [0.4, 0.5) is 0 Å². The van der Waals surface area contributed by atoms with Crippen molar-refractivity contribution in [1.29, 1.82) is 0 Å². The molecule has 0 N–H and O–H groups in total. The summed E-state index contributed by atoms with van der Waals surface area (Å²) in [6, 6.07) is 0.990. The summed E-state index contributed by atoms with van der Waals surface area (Å²) in [6.45, 7) is 1.87. The smallest absolute Gasteiger partial charge is 0.136 e. The summed E-state index contributed by atoms with van der Waals surface area (Å²) in [5.74, 6) is 0.449. The first-order valence-corrected chi connectivity index (χ1v) is 5.94. The molecular formula is C11H16N4O. The van der Waals surface area contributed by atoms with Gasteiger partial charge < -0.3 is 0 Å². The van der Waals surface area contributed by atoms with Crippen LogP contribution in [0.15, 0.2) is 12.4 Å². The first-order valence-electron chi connectivity index (χ1n) is 5.94. The Hall–Kier alpha value is -1.23. The summed E-state index contributed by atoms with van der Waals surface area (Å²) < 4.78 is 1.86. The van der Waals surface area contributed by atoms with Gasteiger partial charge in [-0.25, -0.2) is 0 Å². The molecular weight excluding hydrogens is 204 g/mol. The van der Waals surface area contributed by atoms with Gasteiger partial charge in [0.2, 0.25) is 0 Å². The average molecular weight is 220 g/mol. The molecule has 0 amide bonds. The predicted octanol–water partition coefficient (Wildman–Crippen LogP) is 0.474. The molecule has 0 spiro atoms. The van der Waals surface area contributed by atoms with Crippen molar-refractivity contribution >= 4 is 5.78 Å². The second kappa shape index (κ2) is 3.97. The zero-order valence-corrected chi connectivity index (χ0v) is 9.25. The monoisotopic (exact) mass is 220 g/mol. The maximum atomic E-state index is 11.4. The van der Waals surface area contributed by atoms with Gasteiger partial charge in [-0.3, -0.25) is 14.4 Å². The van der Waals surface area contributed by atoms with E-state index in [0.717, 1.165) is 25.9 Å². The molecule has 5 nitrogen and oxygen atoms in total. The zero-order chi connectivity index (χ0) is 11.0. The van der Waals surface area contributed by atoms with Crippen LogP contribution < -0.4 is 0 Å². The minimum absolute atomic E-state index is 0.449. The van der Waals surface area contributed by atoms with Gasteiger partial charge in [-0.2, -0.15) is 0 Å². The number of hydrogen-bond acceptors (Lipinski definition) is 4. The number of carbonyl (C=O) groups is 1. The van der Waals surface area contributed by atoms with E-state index in [1.165, 1.54) is 12.8 Å². The Labute approximate surface area is 94.4 Å². The lowest BCUT2D eigenvalue weighted by atomic mass is 10.0. The molecule has 2 saturated heterocycles. The minimum Gasteiger partial charge on any atom is -0.300 e. The predicted molar refractivity (Wildman–Crippen MR) is 57.8 cm³/mol. The fraction of sp³-hybridized carbons (Fsp3) is 0.727. The Morgan fingerprint density at radius 1 is 1.25 bits per heavy atom. The lowest BCUT2D eigenvalue weighted by molar-refractivity contribution is -0.123. The first kappa shape index (κ1) is 9.96. The highest BCUT2D eigenvalue weighted by molar-refractivity contribution is 5.80. The molecule has 3 heterocycles. The van der Waals surface area contributed by atoms with E-state index in [1.54, 1.807) is 6.20 Å². The van der Waals surface area contributed by atoms with Gasteiger partial charge >= 0.3 is 0 Å². The molecule has 5 heteroatoms. The van der Waals surface area contributed by atoms with E-state index >= 15 is 0 Å². The van der Waals surface area contributed by atoms with Gasteiger partial charge in [-0.05, 0) is 12.8 Å². The van der Waals surface area contributed by atoms with Crippen molar-refractivity contribution < 1.29 is 4.79 Å². The summed E-state index contributed by atoms with van der Waals surface area (Å²) in [4.78, 5) is 13.9. The van der Waals surface area contributed by atoms with Gasteiger partial charge in [0, 0.05) is 37.7 Å². The van der Waals surface area contributed by atoms with Crippen LogP contribution in [0.1, 0.15) is 25.7 Å². The molecule has 16 heavy (non-hydrogen) atoms. The molecule has 3 rings (SSSR count). The lowest BCUT2D eigenvalue weighted by Crippen LogP contribution is -2.44. The van der Waals surface area contributed by atoms with E-state index in [-0.39, 0.29) is 0 Å². The Morgan fingerprint density at radius 2 is 2.00 bits per heavy atom. The summed E-state index contributed by atoms with van der Waals surface area (Å²) in [6.07, 6.45) is 7.48. The molecule has 2 unspecified atom stereocenters. The fourth-order valence-corrected chi connectivity index (χ4v) is 3.00. The van der Waals surface area contributed by atoms with Crippen molar-refractivity contribution in [3.63, 3.8) is 0 Å². The van der Waals surface area contributed by atoms with Crippen LogP contribution in [0.5, 0.6) is 0 Å². The zero-order valence-electron chi connectivity index (χ0n) is 9.25. The van der Waals surface area contributed by atoms with Gasteiger partial charge in [0.1, 0.15) is 5.78 Å². The number of rotatable bonds is 3. The number of fused-ring (bicyclic) bond motifs is 2. The third-order valence-electron chi connectivity index (χ3n) is 3.76. The number of ketones is 1. The number of nitrogens with zero attached hydrogens (tertiary/aromatic N) is 4. The maximum absolute atomic E-state index is 11.4. The molecule has 1 aromatic rings. The van der Waals surface area contributed by atoms with Crippen LogP contribution in [-0.2, 0) is 11.3 Å². The number of hydrogen-bond donors (Lipinski definition) is 0. The van der Waals surface area contributed by atoms with Crippen molar-refractivity contribution in [1.82, 2.24) is 19.9 Å². The van der Waals surface area contributed by atoms with E-state index in [4.69, 9.17) is 0 Å². The van der Waals surface area contributed by atoms with Crippen LogP contribution >= 0.6 is 0 Å². The molecule has 0 aliphatic carbocycles. The van der Waals surface area contributed by atoms with Gasteiger partial charge in [-0.15, -0.1) is 5.10 Å². The Morgan fingerprint density at radius 3 is 2.62 bits per heavy atom. The fourth-order valence-electron chi connectivity index (χ4n) is 3.00. The molecule has 0 radical (unpaired) electrons. The standard InChI is InChI=1S/C11H16N4O/c16-11-7-9-1-2-10(8-11)15(9)6-5-14-4-3-12-13-14/h3-4,9-10H,1-2,5-8H2. The third-order valence-corrected chi connectivity index (χ3v) is 3.76. The summed E-state index contributed by atoms with van der Waals surface area (Å²) in [5, 5.41) is 7.75.